The SMILES string of the molecule is CCC(CC)NC(=O)C(C)NCCCC(=O)O. The second-order valence-corrected chi connectivity index (χ2v) is 4.20. The molecule has 0 rings (SSSR count). The summed E-state index contributed by atoms with van der Waals surface area (Å²) in [5.74, 6) is -0.824. The zero-order chi connectivity index (χ0) is 13.3. The van der Waals surface area contributed by atoms with Crippen LogP contribution in [-0.2, 0) is 9.59 Å². The summed E-state index contributed by atoms with van der Waals surface area (Å²) in [4.78, 5) is 22.0. The van der Waals surface area contributed by atoms with E-state index in [2.05, 4.69) is 10.6 Å². The smallest absolute Gasteiger partial charge is 0.303 e. The van der Waals surface area contributed by atoms with Crippen molar-refractivity contribution in [3.8, 4) is 0 Å². The molecule has 5 nitrogen and oxygen atoms in total. The van der Waals surface area contributed by atoms with Crippen molar-refractivity contribution < 1.29 is 14.7 Å². The first-order chi connectivity index (χ1) is 8.01. The van der Waals surface area contributed by atoms with Crippen LogP contribution in [0.15, 0.2) is 0 Å². The van der Waals surface area contributed by atoms with Crippen LogP contribution in [0.25, 0.3) is 0 Å². The van der Waals surface area contributed by atoms with Gasteiger partial charge in [-0.3, -0.25) is 9.59 Å². The van der Waals surface area contributed by atoms with Gasteiger partial charge < -0.3 is 15.7 Å². The number of nitrogens with one attached hydrogen (secondary N) is 2. The van der Waals surface area contributed by atoms with Crippen LogP contribution in [0.3, 0.4) is 0 Å². The molecule has 1 unspecified atom stereocenters. The van der Waals surface area contributed by atoms with Gasteiger partial charge in [0.1, 0.15) is 0 Å². The summed E-state index contributed by atoms with van der Waals surface area (Å²) in [6.45, 7) is 6.42. The van der Waals surface area contributed by atoms with Gasteiger partial charge in [0.2, 0.25) is 5.91 Å². The van der Waals surface area contributed by atoms with E-state index in [9.17, 15) is 9.59 Å². The Kier molecular flexibility index (Phi) is 8.40. The molecular weight excluding hydrogens is 220 g/mol. The molecule has 0 aromatic rings. The predicted octanol–water partition coefficient (Wildman–Crippen LogP) is 1.13. The van der Waals surface area contributed by atoms with Crippen LogP contribution in [0.2, 0.25) is 0 Å². The summed E-state index contributed by atoms with van der Waals surface area (Å²) in [5.41, 5.74) is 0. The highest BCUT2D eigenvalue weighted by Crippen LogP contribution is 1.97. The maximum absolute atomic E-state index is 11.7. The normalized spacial score (nSPS) is 12.5. The van der Waals surface area contributed by atoms with E-state index in [1.54, 1.807) is 6.92 Å². The van der Waals surface area contributed by atoms with E-state index in [0.29, 0.717) is 13.0 Å². The molecule has 1 amide bonds. The van der Waals surface area contributed by atoms with Crippen molar-refractivity contribution >= 4 is 11.9 Å². The van der Waals surface area contributed by atoms with Crippen molar-refractivity contribution in [2.75, 3.05) is 6.54 Å². The lowest BCUT2D eigenvalue weighted by Gasteiger charge is -2.19. The first-order valence-corrected chi connectivity index (χ1v) is 6.26. The fourth-order valence-corrected chi connectivity index (χ4v) is 1.47. The zero-order valence-corrected chi connectivity index (χ0v) is 11.0. The van der Waals surface area contributed by atoms with Crippen molar-refractivity contribution in [2.45, 2.75) is 58.5 Å². The second-order valence-electron chi connectivity index (χ2n) is 4.20. The van der Waals surface area contributed by atoms with Crippen LogP contribution in [0.5, 0.6) is 0 Å². The average molecular weight is 244 g/mol. The van der Waals surface area contributed by atoms with Gasteiger partial charge >= 0.3 is 5.97 Å². The van der Waals surface area contributed by atoms with E-state index in [0.717, 1.165) is 12.8 Å². The zero-order valence-electron chi connectivity index (χ0n) is 11.0. The quantitative estimate of drug-likeness (QED) is 0.531. The largest absolute Gasteiger partial charge is 0.481 e. The minimum absolute atomic E-state index is 0.0194. The number of hydrogen-bond acceptors (Lipinski definition) is 3. The number of carbonyl (C=O) groups is 2. The third-order valence-electron chi connectivity index (χ3n) is 2.74. The van der Waals surface area contributed by atoms with E-state index in [4.69, 9.17) is 5.11 Å². The van der Waals surface area contributed by atoms with Gasteiger partial charge in [-0.15, -0.1) is 0 Å². The lowest BCUT2D eigenvalue weighted by molar-refractivity contribution is -0.137. The molecule has 0 aliphatic carbocycles. The molecule has 0 heterocycles. The Bertz CT molecular complexity index is 240. The Morgan fingerprint density at radius 3 is 2.29 bits per heavy atom. The Balaban J connectivity index is 3.77. The summed E-state index contributed by atoms with van der Waals surface area (Å²) in [7, 11) is 0. The van der Waals surface area contributed by atoms with Gasteiger partial charge in [-0.1, -0.05) is 13.8 Å². The molecule has 0 radical (unpaired) electrons. The van der Waals surface area contributed by atoms with Gasteiger partial charge in [0.25, 0.3) is 0 Å². The molecule has 1 atom stereocenters. The van der Waals surface area contributed by atoms with E-state index in [-0.39, 0.29) is 24.4 Å². The molecule has 0 spiro atoms. The minimum atomic E-state index is -0.805. The van der Waals surface area contributed by atoms with Gasteiger partial charge in [-0.25, -0.2) is 0 Å². The van der Waals surface area contributed by atoms with Gasteiger partial charge in [0.15, 0.2) is 0 Å². The van der Waals surface area contributed by atoms with E-state index in [1.165, 1.54) is 0 Å². The topological polar surface area (TPSA) is 78.4 Å². The fraction of sp³-hybridized carbons (Fsp3) is 0.833. The Hall–Kier alpha value is -1.10. The van der Waals surface area contributed by atoms with Crippen LogP contribution < -0.4 is 10.6 Å². The van der Waals surface area contributed by atoms with Crippen LogP contribution >= 0.6 is 0 Å². The van der Waals surface area contributed by atoms with Crippen LogP contribution in [0.1, 0.15) is 46.5 Å². The van der Waals surface area contributed by atoms with Gasteiger partial charge in [0.05, 0.1) is 6.04 Å². The van der Waals surface area contributed by atoms with E-state index in [1.807, 2.05) is 13.8 Å². The molecule has 5 heteroatoms. The summed E-state index contributed by atoms with van der Waals surface area (Å²) >= 11 is 0. The first kappa shape index (κ1) is 15.9. The molecule has 0 saturated heterocycles. The summed E-state index contributed by atoms with van der Waals surface area (Å²) < 4.78 is 0. The Labute approximate surface area is 103 Å². The van der Waals surface area contributed by atoms with Crippen molar-refractivity contribution in [3.63, 3.8) is 0 Å². The monoisotopic (exact) mass is 244 g/mol. The van der Waals surface area contributed by atoms with Crippen molar-refractivity contribution in [3.05, 3.63) is 0 Å². The molecule has 0 aliphatic heterocycles. The highest BCUT2D eigenvalue weighted by Gasteiger charge is 2.14. The van der Waals surface area contributed by atoms with Crippen molar-refractivity contribution in [1.29, 1.82) is 0 Å². The first-order valence-electron chi connectivity index (χ1n) is 6.26. The number of rotatable bonds is 9. The molecule has 0 saturated carbocycles. The average Bonchev–Trinajstić information content (AvgIpc) is 2.30. The summed E-state index contributed by atoms with van der Waals surface area (Å²) in [5, 5.41) is 14.4. The third-order valence-corrected chi connectivity index (χ3v) is 2.74. The van der Waals surface area contributed by atoms with E-state index >= 15 is 0 Å². The molecule has 0 aliphatic rings. The summed E-state index contributed by atoms with van der Waals surface area (Å²) in [6, 6.07) is -0.0461. The number of hydrogen-bond donors (Lipinski definition) is 3. The Morgan fingerprint density at radius 2 is 1.82 bits per heavy atom. The van der Waals surface area contributed by atoms with Crippen molar-refractivity contribution in [1.82, 2.24) is 10.6 Å². The highest BCUT2D eigenvalue weighted by molar-refractivity contribution is 5.81. The highest BCUT2D eigenvalue weighted by atomic mass is 16.4. The number of carbonyl (C=O) groups excluding carboxylic acids is 1. The molecule has 3 N–H and O–H groups in total. The third kappa shape index (κ3) is 7.74. The van der Waals surface area contributed by atoms with E-state index < -0.39 is 5.97 Å². The summed E-state index contributed by atoms with van der Waals surface area (Å²) in [6.07, 6.45) is 2.52. The second kappa shape index (κ2) is 8.98. The maximum Gasteiger partial charge on any atom is 0.303 e. The Morgan fingerprint density at radius 1 is 1.24 bits per heavy atom. The van der Waals surface area contributed by atoms with Crippen LogP contribution in [0.4, 0.5) is 0 Å². The number of carboxylic acid groups (broad SMARTS) is 1. The number of amides is 1. The van der Waals surface area contributed by atoms with Crippen LogP contribution in [-0.4, -0.2) is 35.6 Å². The molecule has 0 aromatic heterocycles. The predicted molar refractivity (Wildman–Crippen MR) is 66.8 cm³/mol. The molecule has 17 heavy (non-hydrogen) atoms. The molecule has 0 bridgehead atoms. The molecular formula is C12H24N2O3. The molecule has 0 aromatic carbocycles. The lowest BCUT2D eigenvalue weighted by atomic mass is 10.1. The maximum atomic E-state index is 11.7. The fourth-order valence-electron chi connectivity index (χ4n) is 1.47. The van der Waals surface area contributed by atoms with Gasteiger partial charge in [0, 0.05) is 12.5 Å². The number of carboxylic acids is 1. The standard InChI is InChI=1S/C12H24N2O3/c1-4-10(5-2)14-12(17)9(3)13-8-6-7-11(15)16/h9-10,13H,4-8H2,1-3H3,(H,14,17)(H,15,16). The van der Waals surface area contributed by atoms with Crippen LogP contribution in [0, 0.1) is 0 Å². The molecule has 100 valence electrons. The van der Waals surface area contributed by atoms with Crippen molar-refractivity contribution in [2.24, 2.45) is 0 Å². The minimum Gasteiger partial charge on any atom is -0.481 e. The number of aliphatic carboxylic acids is 1. The van der Waals surface area contributed by atoms with Gasteiger partial charge in [-0.2, -0.15) is 0 Å². The lowest BCUT2D eigenvalue weighted by Crippen LogP contribution is -2.46. The molecule has 0 fully saturated rings. The van der Waals surface area contributed by atoms with Gasteiger partial charge in [-0.05, 0) is 32.7 Å².